The van der Waals surface area contributed by atoms with Crippen molar-refractivity contribution in [2.24, 2.45) is 0 Å². The molecule has 1 aromatic carbocycles. The molecule has 0 amide bonds. The predicted octanol–water partition coefficient (Wildman–Crippen LogP) is 3.87. The third-order valence-corrected chi connectivity index (χ3v) is 6.27. The zero-order valence-electron chi connectivity index (χ0n) is 18.9. The third-order valence-electron chi connectivity index (χ3n) is 5.21. The zero-order valence-corrected chi connectivity index (χ0v) is 19.7. The smallest absolute Gasteiger partial charge is 0.350 e. The number of para-hydroxylation sites is 1. The molecule has 34 heavy (non-hydrogen) atoms. The van der Waals surface area contributed by atoms with Gasteiger partial charge in [-0.1, -0.05) is 23.5 Å². The molecule has 3 aromatic heterocycles. The highest BCUT2D eigenvalue weighted by molar-refractivity contribution is 7.17. The van der Waals surface area contributed by atoms with Gasteiger partial charge < -0.3 is 24.1 Å². The number of hydrogen-bond donors (Lipinski definition) is 2. The number of anilines is 3. The third kappa shape index (κ3) is 4.07. The van der Waals surface area contributed by atoms with Crippen molar-refractivity contribution in [3.8, 4) is 11.5 Å². The SMILES string of the molecule is CCOC(=O)c1sc(Nc2nc(NCc3cccc4c3OCO4)c3c(ncn3CC)n2)nc1C. The fraction of sp³-hybridized carbons (Fsp3) is 0.318. The van der Waals surface area contributed by atoms with Crippen molar-refractivity contribution in [3.63, 3.8) is 0 Å². The van der Waals surface area contributed by atoms with E-state index in [1.165, 1.54) is 11.3 Å². The van der Waals surface area contributed by atoms with Crippen LogP contribution in [0.5, 0.6) is 11.5 Å². The van der Waals surface area contributed by atoms with Crippen molar-refractivity contribution < 1.29 is 19.0 Å². The van der Waals surface area contributed by atoms with Gasteiger partial charge in [0.2, 0.25) is 12.7 Å². The minimum Gasteiger partial charge on any atom is -0.462 e. The van der Waals surface area contributed by atoms with Gasteiger partial charge in [-0.05, 0) is 26.8 Å². The van der Waals surface area contributed by atoms with Crippen LogP contribution in [0.2, 0.25) is 0 Å². The maximum Gasteiger partial charge on any atom is 0.350 e. The first-order valence-corrected chi connectivity index (χ1v) is 11.6. The molecule has 1 aliphatic heterocycles. The van der Waals surface area contributed by atoms with Crippen LogP contribution in [0.3, 0.4) is 0 Å². The lowest BCUT2D eigenvalue weighted by Gasteiger charge is -2.12. The van der Waals surface area contributed by atoms with Gasteiger partial charge in [-0.2, -0.15) is 9.97 Å². The summed E-state index contributed by atoms with van der Waals surface area (Å²) in [5.74, 6) is 1.99. The van der Waals surface area contributed by atoms with E-state index in [4.69, 9.17) is 14.2 Å². The maximum absolute atomic E-state index is 12.1. The molecule has 0 unspecified atom stereocenters. The largest absolute Gasteiger partial charge is 0.462 e. The summed E-state index contributed by atoms with van der Waals surface area (Å²) < 4.78 is 18.2. The van der Waals surface area contributed by atoms with Gasteiger partial charge in [0.25, 0.3) is 0 Å². The summed E-state index contributed by atoms with van der Waals surface area (Å²) >= 11 is 1.19. The lowest BCUT2D eigenvalue weighted by Crippen LogP contribution is -2.08. The number of fused-ring (bicyclic) bond motifs is 2. The minimum atomic E-state index is -0.396. The Balaban J connectivity index is 1.45. The predicted molar refractivity (Wildman–Crippen MR) is 127 cm³/mol. The number of rotatable bonds is 8. The molecule has 0 atom stereocenters. The van der Waals surface area contributed by atoms with Crippen LogP contribution >= 0.6 is 11.3 Å². The summed E-state index contributed by atoms with van der Waals surface area (Å²) in [6, 6.07) is 5.78. The molecule has 176 valence electrons. The molecule has 0 saturated heterocycles. The molecule has 2 N–H and O–H groups in total. The number of aromatic nitrogens is 5. The fourth-order valence-electron chi connectivity index (χ4n) is 3.64. The van der Waals surface area contributed by atoms with E-state index in [2.05, 4.69) is 30.6 Å². The van der Waals surface area contributed by atoms with E-state index in [1.807, 2.05) is 29.7 Å². The summed E-state index contributed by atoms with van der Waals surface area (Å²) in [4.78, 5) is 30.7. The summed E-state index contributed by atoms with van der Waals surface area (Å²) in [5.41, 5.74) is 2.87. The Morgan fingerprint density at radius 2 is 2.12 bits per heavy atom. The first-order chi connectivity index (χ1) is 16.6. The van der Waals surface area contributed by atoms with Crippen molar-refractivity contribution in [2.75, 3.05) is 24.0 Å². The van der Waals surface area contributed by atoms with Crippen LogP contribution in [0.15, 0.2) is 24.5 Å². The minimum absolute atomic E-state index is 0.210. The van der Waals surface area contributed by atoms with Crippen molar-refractivity contribution in [2.45, 2.75) is 33.9 Å². The Kier molecular flexibility index (Phi) is 5.88. The highest BCUT2D eigenvalue weighted by atomic mass is 32.1. The first kappa shape index (κ1) is 21.9. The van der Waals surface area contributed by atoms with Crippen LogP contribution in [0.4, 0.5) is 16.9 Å². The molecule has 0 fully saturated rings. The highest BCUT2D eigenvalue weighted by Gasteiger charge is 2.20. The number of carbonyl (C=O) groups is 1. The number of nitrogens with one attached hydrogen (secondary N) is 2. The van der Waals surface area contributed by atoms with Crippen molar-refractivity contribution in [3.05, 3.63) is 40.7 Å². The molecule has 0 radical (unpaired) electrons. The van der Waals surface area contributed by atoms with E-state index in [9.17, 15) is 4.79 Å². The molecule has 0 spiro atoms. The molecular formula is C22H23N7O4S. The topological polar surface area (TPSA) is 125 Å². The number of aryl methyl sites for hydroxylation is 2. The molecular weight excluding hydrogens is 458 g/mol. The molecule has 4 heterocycles. The van der Waals surface area contributed by atoms with Gasteiger partial charge in [-0.3, -0.25) is 5.32 Å². The Labute approximate surface area is 199 Å². The van der Waals surface area contributed by atoms with Crippen LogP contribution in [-0.4, -0.2) is 43.9 Å². The number of benzene rings is 1. The van der Waals surface area contributed by atoms with Crippen molar-refractivity contribution >= 4 is 45.4 Å². The Morgan fingerprint density at radius 3 is 2.94 bits per heavy atom. The summed E-state index contributed by atoms with van der Waals surface area (Å²) in [6.45, 7) is 7.25. The van der Waals surface area contributed by atoms with E-state index in [-0.39, 0.29) is 6.79 Å². The molecule has 0 bridgehead atoms. The average molecular weight is 482 g/mol. The summed E-state index contributed by atoms with van der Waals surface area (Å²) in [6.07, 6.45) is 1.73. The van der Waals surface area contributed by atoms with Crippen LogP contribution < -0.4 is 20.1 Å². The van der Waals surface area contributed by atoms with Crippen LogP contribution in [0, 0.1) is 6.92 Å². The normalized spacial score (nSPS) is 12.2. The van der Waals surface area contributed by atoms with E-state index < -0.39 is 5.97 Å². The maximum atomic E-state index is 12.1. The molecule has 0 saturated carbocycles. The number of ether oxygens (including phenoxy) is 3. The lowest BCUT2D eigenvalue weighted by atomic mass is 10.2. The van der Waals surface area contributed by atoms with Gasteiger partial charge >= 0.3 is 5.97 Å². The standard InChI is InChI=1S/C22H23N7O4S/c1-4-29-10-24-19-15(29)18(23-9-13-7-6-8-14-16(13)33-11-32-14)26-21(27-19)28-22-25-12(3)17(34-22)20(30)31-5-2/h6-8,10H,4-5,9,11H2,1-3H3,(H2,23,25,26,27,28). The molecule has 12 heteroatoms. The molecule has 11 nitrogen and oxygen atoms in total. The van der Waals surface area contributed by atoms with Gasteiger partial charge in [0.15, 0.2) is 28.1 Å². The van der Waals surface area contributed by atoms with E-state index in [0.717, 1.165) is 22.6 Å². The lowest BCUT2D eigenvalue weighted by molar-refractivity contribution is 0.0531. The monoisotopic (exact) mass is 481 g/mol. The Morgan fingerprint density at radius 1 is 1.24 bits per heavy atom. The summed E-state index contributed by atoms with van der Waals surface area (Å²) in [5, 5.41) is 6.99. The summed E-state index contributed by atoms with van der Waals surface area (Å²) in [7, 11) is 0. The van der Waals surface area contributed by atoms with Gasteiger partial charge in [-0.15, -0.1) is 0 Å². The van der Waals surface area contributed by atoms with Crippen LogP contribution in [0.25, 0.3) is 11.2 Å². The van der Waals surface area contributed by atoms with E-state index >= 15 is 0 Å². The molecule has 0 aliphatic carbocycles. The van der Waals surface area contributed by atoms with Crippen molar-refractivity contribution in [1.29, 1.82) is 0 Å². The van der Waals surface area contributed by atoms with Gasteiger partial charge in [0.1, 0.15) is 10.4 Å². The number of nitrogens with zero attached hydrogens (tertiary/aromatic N) is 5. The molecule has 4 aromatic rings. The highest BCUT2D eigenvalue weighted by Crippen LogP contribution is 2.36. The first-order valence-electron chi connectivity index (χ1n) is 10.8. The Bertz CT molecular complexity index is 1370. The quantitative estimate of drug-likeness (QED) is 0.358. The Hall–Kier alpha value is -3.93. The number of imidazole rings is 1. The zero-order chi connectivity index (χ0) is 23.7. The second-order valence-corrected chi connectivity index (χ2v) is 8.38. The van der Waals surface area contributed by atoms with E-state index in [0.29, 0.717) is 52.8 Å². The van der Waals surface area contributed by atoms with Crippen molar-refractivity contribution in [1.82, 2.24) is 24.5 Å². The van der Waals surface area contributed by atoms with Gasteiger partial charge in [0.05, 0.1) is 18.6 Å². The number of hydrogen-bond acceptors (Lipinski definition) is 11. The number of carbonyl (C=O) groups excluding carboxylic acids is 1. The number of esters is 1. The number of thiazole rings is 1. The van der Waals surface area contributed by atoms with Crippen LogP contribution in [-0.2, 0) is 17.8 Å². The van der Waals surface area contributed by atoms with Crippen LogP contribution in [0.1, 0.15) is 34.8 Å². The van der Waals surface area contributed by atoms with Gasteiger partial charge in [0, 0.05) is 18.7 Å². The fourth-order valence-corrected chi connectivity index (χ4v) is 4.49. The van der Waals surface area contributed by atoms with E-state index in [1.54, 1.807) is 20.2 Å². The molecule has 1 aliphatic rings. The second kappa shape index (κ2) is 9.14. The van der Waals surface area contributed by atoms with Gasteiger partial charge in [-0.25, -0.2) is 14.8 Å². The average Bonchev–Trinajstić information content (AvgIpc) is 3.55. The molecule has 5 rings (SSSR count). The second-order valence-electron chi connectivity index (χ2n) is 7.38.